The topological polar surface area (TPSA) is 104 Å². The Labute approximate surface area is 114 Å². The van der Waals surface area contributed by atoms with Crippen LogP contribution in [0.2, 0.25) is 0 Å². The molecule has 0 amide bonds. The third-order valence-corrected chi connectivity index (χ3v) is 3.67. The SMILES string of the molecule is CC1CCCCN1c1nc2ncc(C(=O)O)c(=O)n2[nH]1. The van der Waals surface area contributed by atoms with Gasteiger partial charge in [-0.25, -0.2) is 9.78 Å². The average Bonchev–Trinajstić information content (AvgIpc) is 2.84. The van der Waals surface area contributed by atoms with Crippen LogP contribution in [0.4, 0.5) is 5.95 Å². The number of aromatic amines is 1. The fraction of sp³-hybridized carbons (Fsp3) is 0.500. The fourth-order valence-electron chi connectivity index (χ4n) is 2.53. The number of aromatic carboxylic acids is 1. The van der Waals surface area contributed by atoms with E-state index in [0.717, 1.165) is 30.1 Å². The van der Waals surface area contributed by atoms with Crippen LogP contribution >= 0.6 is 0 Å². The summed E-state index contributed by atoms with van der Waals surface area (Å²) in [6, 6.07) is 0.332. The number of piperidine rings is 1. The van der Waals surface area contributed by atoms with E-state index >= 15 is 0 Å². The molecule has 1 atom stereocenters. The second kappa shape index (κ2) is 4.62. The summed E-state index contributed by atoms with van der Waals surface area (Å²) in [5.41, 5.74) is -1.02. The van der Waals surface area contributed by atoms with Crippen LogP contribution in [-0.4, -0.2) is 43.2 Å². The first kappa shape index (κ1) is 12.6. The maximum atomic E-state index is 12.0. The number of carboxylic acids is 1. The lowest BCUT2D eigenvalue weighted by atomic mass is 10.0. The molecular weight excluding hydrogens is 262 g/mol. The first-order valence-electron chi connectivity index (χ1n) is 6.55. The molecule has 1 unspecified atom stereocenters. The molecule has 0 bridgehead atoms. The molecule has 0 saturated carbocycles. The Kier molecular flexibility index (Phi) is 2.92. The monoisotopic (exact) mass is 277 g/mol. The molecule has 20 heavy (non-hydrogen) atoms. The minimum atomic E-state index is -1.29. The number of aromatic nitrogens is 4. The van der Waals surface area contributed by atoms with Gasteiger partial charge in [-0.15, -0.1) is 0 Å². The Hall–Kier alpha value is -2.38. The molecule has 1 saturated heterocycles. The number of carbonyl (C=O) groups is 1. The van der Waals surface area contributed by atoms with Crippen molar-refractivity contribution in [3.8, 4) is 0 Å². The van der Waals surface area contributed by atoms with Crippen molar-refractivity contribution < 1.29 is 9.90 Å². The fourth-order valence-corrected chi connectivity index (χ4v) is 2.53. The molecule has 2 aromatic heterocycles. The van der Waals surface area contributed by atoms with E-state index in [1.54, 1.807) is 0 Å². The Morgan fingerprint density at radius 1 is 1.50 bits per heavy atom. The standard InChI is InChI=1S/C12H15N5O3/c1-7-4-2-3-5-16(7)12-14-11-13-6-8(10(19)20)9(18)17(11)15-12/h6-7H,2-5H2,1H3,(H,19,20)(H,13,14,15). The predicted octanol–water partition coefficient (Wildman–Crippen LogP) is 0.495. The average molecular weight is 277 g/mol. The van der Waals surface area contributed by atoms with Gasteiger partial charge < -0.3 is 10.0 Å². The molecule has 2 N–H and O–H groups in total. The summed E-state index contributed by atoms with van der Waals surface area (Å²) in [6.45, 7) is 2.97. The molecule has 1 aliphatic heterocycles. The van der Waals surface area contributed by atoms with Gasteiger partial charge in [0.15, 0.2) is 0 Å². The molecule has 0 aliphatic carbocycles. The van der Waals surface area contributed by atoms with Crippen molar-refractivity contribution in [1.82, 2.24) is 19.6 Å². The number of nitrogens with one attached hydrogen (secondary N) is 1. The highest BCUT2D eigenvalue weighted by Gasteiger charge is 2.22. The Morgan fingerprint density at radius 3 is 3.00 bits per heavy atom. The zero-order chi connectivity index (χ0) is 14.3. The quantitative estimate of drug-likeness (QED) is 0.828. The number of rotatable bonds is 2. The van der Waals surface area contributed by atoms with E-state index in [-0.39, 0.29) is 11.3 Å². The molecular formula is C12H15N5O3. The van der Waals surface area contributed by atoms with Crippen LogP contribution in [-0.2, 0) is 0 Å². The summed E-state index contributed by atoms with van der Waals surface area (Å²) >= 11 is 0. The molecule has 0 radical (unpaired) electrons. The van der Waals surface area contributed by atoms with Crippen LogP contribution in [0, 0.1) is 0 Å². The van der Waals surface area contributed by atoms with Crippen LogP contribution in [0.1, 0.15) is 36.5 Å². The maximum Gasteiger partial charge on any atom is 0.343 e. The zero-order valence-corrected chi connectivity index (χ0v) is 11.0. The molecule has 0 aromatic carbocycles. The lowest BCUT2D eigenvalue weighted by Gasteiger charge is -2.32. The van der Waals surface area contributed by atoms with E-state index in [4.69, 9.17) is 5.11 Å². The molecule has 3 rings (SSSR count). The summed E-state index contributed by atoms with van der Waals surface area (Å²) < 4.78 is 1.08. The summed E-state index contributed by atoms with van der Waals surface area (Å²) in [6.07, 6.45) is 4.37. The Balaban J connectivity index is 2.09. The summed E-state index contributed by atoms with van der Waals surface area (Å²) in [4.78, 5) is 33.2. The third kappa shape index (κ3) is 1.93. The summed E-state index contributed by atoms with van der Waals surface area (Å²) in [7, 11) is 0. The molecule has 3 heterocycles. The van der Waals surface area contributed by atoms with Crippen molar-refractivity contribution in [2.75, 3.05) is 11.4 Å². The highest BCUT2D eigenvalue weighted by Crippen LogP contribution is 2.21. The van der Waals surface area contributed by atoms with Crippen LogP contribution < -0.4 is 10.5 Å². The van der Waals surface area contributed by atoms with Crippen molar-refractivity contribution >= 4 is 17.7 Å². The van der Waals surface area contributed by atoms with E-state index < -0.39 is 11.5 Å². The minimum Gasteiger partial charge on any atom is -0.477 e. The normalized spacial score (nSPS) is 19.4. The smallest absolute Gasteiger partial charge is 0.343 e. The zero-order valence-electron chi connectivity index (χ0n) is 11.0. The second-order valence-electron chi connectivity index (χ2n) is 5.00. The van der Waals surface area contributed by atoms with E-state index in [0.29, 0.717) is 12.0 Å². The number of hydrogen-bond acceptors (Lipinski definition) is 5. The largest absolute Gasteiger partial charge is 0.477 e. The number of H-pyrrole nitrogens is 1. The van der Waals surface area contributed by atoms with Crippen LogP contribution in [0.25, 0.3) is 5.78 Å². The molecule has 2 aromatic rings. The van der Waals surface area contributed by atoms with E-state index in [1.807, 2.05) is 0 Å². The predicted molar refractivity (Wildman–Crippen MR) is 71.2 cm³/mol. The Bertz CT molecular complexity index is 719. The first-order chi connectivity index (χ1) is 9.58. The molecule has 0 spiro atoms. The van der Waals surface area contributed by atoms with Gasteiger partial charge in [0.25, 0.3) is 11.3 Å². The molecule has 8 nitrogen and oxygen atoms in total. The summed E-state index contributed by atoms with van der Waals surface area (Å²) in [5.74, 6) is -0.545. The Morgan fingerprint density at radius 2 is 2.30 bits per heavy atom. The number of anilines is 1. The molecule has 1 aliphatic rings. The van der Waals surface area contributed by atoms with Gasteiger partial charge in [-0.3, -0.25) is 9.89 Å². The van der Waals surface area contributed by atoms with Gasteiger partial charge in [0.1, 0.15) is 5.56 Å². The third-order valence-electron chi connectivity index (χ3n) is 3.67. The van der Waals surface area contributed by atoms with Gasteiger partial charge in [-0.2, -0.15) is 9.50 Å². The van der Waals surface area contributed by atoms with Crippen molar-refractivity contribution in [2.24, 2.45) is 0 Å². The van der Waals surface area contributed by atoms with Crippen molar-refractivity contribution in [1.29, 1.82) is 0 Å². The van der Waals surface area contributed by atoms with E-state index in [2.05, 4.69) is 26.9 Å². The van der Waals surface area contributed by atoms with E-state index in [9.17, 15) is 9.59 Å². The highest BCUT2D eigenvalue weighted by molar-refractivity contribution is 5.86. The first-order valence-corrected chi connectivity index (χ1v) is 6.55. The van der Waals surface area contributed by atoms with Gasteiger partial charge in [-0.05, 0) is 26.2 Å². The van der Waals surface area contributed by atoms with Gasteiger partial charge in [0, 0.05) is 12.6 Å². The number of fused-ring (bicyclic) bond motifs is 1. The van der Waals surface area contributed by atoms with Gasteiger partial charge in [0.2, 0.25) is 5.95 Å². The molecule has 106 valence electrons. The summed E-state index contributed by atoms with van der Waals surface area (Å²) in [5, 5.41) is 11.8. The highest BCUT2D eigenvalue weighted by atomic mass is 16.4. The van der Waals surface area contributed by atoms with Gasteiger partial charge in [0.05, 0.1) is 6.20 Å². The van der Waals surface area contributed by atoms with Crippen LogP contribution in [0.15, 0.2) is 11.0 Å². The van der Waals surface area contributed by atoms with Crippen LogP contribution in [0.5, 0.6) is 0 Å². The lowest BCUT2D eigenvalue weighted by molar-refractivity contribution is 0.0694. The van der Waals surface area contributed by atoms with Crippen LogP contribution in [0.3, 0.4) is 0 Å². The number of carboxylic acid groups (broad SMARTS) is 1. The van der Waals surface area contributed by atoms with E-state index in [1.165, 1.54) is 6.42 Å². The second-order valence-corrected chi connectivity index (χ2v) is 5.00. The number of hydrogen-bond donors (Lipinski definition) is 2. The van der Waals surface area contributed by atoms with Gasteiger partial charge in [-0.1, -0.05) is 0 Å². The van der Waals surface area contributed by atoms with Gasteiger partial charge >= 0.3 is 5.97 Å². The minimum absolute atomic E-state index is 0.188. The van der Waals surface area contributed by atoms with Crippen molar-refractivity contribution in [3.05, 3.63) is 22.1 Å². The molecule has 8 heteroatoms. The molecule has 1 fully saturated rings. The maximum absolute atomic E-state index is 12.0. The van der Waals surface area contributed by atoms with Crippen molar-refractivity contribution in [3.63, 3.8) is 0 Å². The lowest BCUT2D eigenvalue weighted by Crippen LogP contribution is -2.38. The van der Waals surface area contributed by atoms with Crippen molar-refractivity contribution in [2.45, 2.75) is 32.2 Å². The number of nitrogens with zero attached hydrogens (tertiary/aromatic N) is 4.